The first-order valence-electron chi connectivity index (χ1n) is 10.0. The van der Waals surface area contributed by atoms with Crippen LogP contribution in [0.15, 0.2) is 65.7 Å². The number of Topliss-reactive ketones (excluding diaryl/α,β-unsaturated/α-hetero) is 1. The van der Waals surface area contributed by atoms with Crippen LogP contribution >= 0.6 is 11.3 Å². The van der Waals surface area contributed by atoms with Crippen LogP contribution in [-0.2, 0) is 6.54 Å². The summed E-state index contributed by atoms with van der Waals surface area (Å²) in [5.74, 6) is 0.847. The highest BCUT2D eigenvalue weighted by Crippen LogP contribution is 2.40. The molecule has 1 fully saturated rings. The van der Waals surface area contributed by atoms with E-state index in [-0.39, 0.29) is 11.5 Å². The van der Waals surface area contributed by atoms with E-state index in [1.807, 2.05) is 23.6 Å². The van der Waals surface area contributed by atoms with Gasteiger partial charge >= 0.3 is 0 Å². The van der Waals surface area contributed by atoms with Crippen LogP contribution in [0.3, 0.4) is 0 Å². The molecule has 1 N–H and O–H groups in total. The maximum atomic E-state index is 12.8. The van der Waals surface area contributed by atoms with Gasteiger partial charge in [-0.1, -0.05) is 24.3 Å². The second-order valence-corrected chi connectivity index (χ2v) is 8.47. The Balaban J connectivity index is 1.33. The average Bonchev–Trinajstić information content (AvgIpc) is 3.40. The van der Waals surface area contributed by atoms with E-state index in [9.17, 15) is 9.90 Å². The molecule has 0 unspecified atom stereocenters. The highest BCUT2D eigenvalue weighted by atomic mass is 32.1. The molecule has 0 bridgehead atoms. The predicted octanol–water partition coefficient (Wildman–Crippen LogP) is 4.39. The highest BCUT2D eigenvalue weighted by molar-refractivity contribution is 7.10. The van der Waals surface area contributed by atoms with Crippen molar-refractivity contribution in [2.75, 3.05) is 31.1 Å². The van der Waals surface area contributed by atoms with Gasteiger partial charge in [0, 0.05) is 49.4 Å². The Labute approximate surface area is 179 Å². The number of piperazine rings is 1. The summed E-state index contributed by atoms with van der Waals surface area (Å²) in [7, 11) is 0. The third-order valence-corrected chi connectivity index (χ3v) is 6.43. The van der Waals surface area contributed by atoms with Crippen LogP contribution in [0.1, 0.15) is 20.8 Å². The summed E-state index contributed by atoms with van der Waals surface area (Å²) in [4.78, 5) is 18.4. The van der Waals surface area contributed by atoms with Gasteiger partial charge in [-0.3, -0.25) is 9.69 Å². The number of allylic oxidation sites excluding steroid dienone is 1. The van der Waals surface area contributed by atoms with Crippen LogP contribution in [0, 0.1) is 0 Å². The average molecular weight is 419 g/mol. The SMILES string of the molecule is O=C1/C(=C/c2cccs2)Oc2c1ccc(O)c2CN1CCN(c2ccccc2)CC1. The summed E-state index contributed by atoms with van der Waals surface area (Å²) in [6.45, 7) is 4.15. The minimum atomic E-state index is -0.131. The van der Waals surface area contributed by atoms with E-state index >= 15 is 0 Å². The van der Waals surface area contributed by atoms with Crippen LogP contribution in [0.2, 0.25) is 0 Å². The molecule has 6 heteroatoms. The number of phenols is 1. The lowest BCUT2D eigenvalue weighted by atomic mass is 10.0. The molecule has 1 saturated heterocycles. The zero-order valence-electron chi connectivity index (χ0n) is 16.5. The molecule has 5 nitrogen and oxygen atoms in total. The minimum Gasteiger partial charge on any atom is -0.507 e. The Hall–Kier alpha value is -3.09. The summed E-state index contributed by atoms with van der Waals surface area (Å²) < 4.78 is 5.96. The number of hydrogen-bond acceptors (Lipinski definition) is 6. The maximum Gasteiger partial charge on any atom is 0.232 e. The Bertz CT molecular complexity index is 1090. The third kappa shape index (κ3) is 3.60. The number of hydrogen-bond donors (Lipinski definition) is 1. The van der Waals surface area contributed by atoms with Gasteiger partial charge in [0.15, 0.2) is 5.76 Å². The van der Waals surface area contributed by atoms with Crippen molar-refractivity contribution in [3.05, 3.63) is 81.7 Å². The van der Waals surface area contributed by atoms with Crippen molar-refractivity contribution in [1.29, 1.82) is 0 Å². The number of ether oxygens (including phenoxy) is 1. The highest BCUT2D eigenvalue weighted by Gasteiger charge is 2.32. The molecule has 0 saturated carbocycles. The lowest BCUT2D eigenvalue weighted by Crippen LogP contribution is -2.46. The van der Waals surface area contributed by atoms with Crippen molar-refractivity contribution in [1.82, 2.24) is 4.90 Å². The van der Waals surface area contributed by atoms with Crippen molar-refractivity contribution in [3.63, 3.8) is 0 Å². The topological polar surface area (TPSA) is 53.0 Å². The number of thiophene rings is 1. The summed E-state index contributed by atoms with van der Waals surface area (Å²) in [5.41, 5.74) is 2.44. The molecule has 0 aliphatic carbocycles. The zero-order chi connectivity index (χ0) is 20.5. The lowest BCUT2D eigenvalue weighted by Gasteiger charge is -2.36. The molecular weight excluding hydrogens is 396 g/mol. The monoisotopic (exact) mass is 418 g/mol. The van der Waals surface area contributed by atoms with E-state index in [2.05, 4.69) is 34.1 Å². The zero-order valence-corrected chi connectivity index (χ0v) is 17.3. The first-order chi connectivity index (χ1) is 14.7. The molecule has 0 amide bonds. The number of benzene rings is 2. The van der Waals surface area contributed by atoms with Gasteiger partial charge in [-0.2, -0.15) is 0 Å². The Morgan fingerprint density at radius 3 is 2.53 bits per heavy atom. The molecular formula is C24H22N2O3S. The van der Waals surface area contributed by atoms with Gasteiger partial charge in [-0.15, -0.1) is 11.3 Å². The van der Waals surface area contributed by atoms with E-state index in [1.54, 1.807) is 29.5 Å². The molecule has 0 spiro atoms. The Kier molecular flexibility index (Phi) is 5.02. The molecule has 0 radical (unpaired) electrons. The molecule has 2 aliphatic heterocycles. The van der Waals surface area contributed by atoms with E-state index in [4.69, 9.17) is 4.74 Å². The number of anilines is 1. The third-order valence-electron chi connectivity index (χ3n) is 5.61. The number of rotatable bonds is 4. The van der Waals surface area contributed by atoms with Crippen molar-refractivity contribution in [2.24, 2.45) is 0 Å². The quantitative estimate of drug-likeness (QED) is 0.637. The molecule has 2 aromatic carbocycles. The number of ketones is 1. The smallest absolute Gasteiger partial charge is 0.232 e. The van der Waals surface area contributed by atoms with Crippen molar-refractivity contribution >= 4 is 28.9 Å². The van der Waals surface area contributed by atoms with Crippen LogP contribution in [0.4, 0.5) is 5.69 Å². The van der Waals surface area contributed by atoms with Crippen LogP contribution < -0.4 is 9.64 Å². The number of nitrogens with zero attached hydrogens (tertiary/aromatic N) is 2. The van der Waals surface area contributed by atoms with Gasteiger partial charge in [0.25, 0.3) is 0 Å². The molecule has 3 heterocycles. The van der Waals surface area contributed by atoms with Gasteiger partial charge in [0.1, 0.15) is 11.5 Å². The second kappa shape index (κ2) is 7.97. The molecule has 30 heavy (non-hydrogen) atoms. The Morgan fingerprint density at radius 1 is 1.00 bits per heavy atom. The maximum absolute atomic E-state index is 12.8. The molecule has 152 valence electrons. The molecule has 3 aromatic rings. The van der Waals surface area contributed by atoms with Crippen LogP contribution in [0.25, 0.3) is 6.08 Å². The summed E-state index contributed by atoms with van der Waals surface area (Å²) in [6, 6.07) is 17.5. The Morgan fingerprint density at radius 2 is 1.80 bits per heavy atom. The first-order valence-corrected chi connectivity index (χ1v) is 10.9. The summed E-state index contributed by atoms with van der Waals surface area (Å²) >= 11 is 1.55. The predicted molar refractivity (Wildman–Crippen MR) is 119 cm³/mol. The van der Waals surface area contributed by atoms with Gasteiger partial charge in [0.05, 0.1) is 11.1 Å². The lowest BCUT2D eigenvalue weighted by molar-refractivity contribution is 0.101. The van der Waals surface area contributed by atoms with E-state index in [0.29, 0.717) is 29.2 Å². The molecule has 0 atom stereocenters. The number of para-hydroxylation sites is 1. The largest absolute Gasteiger partial charge is 0.507 e. The fourth-order valence-electron chi connectivity index (χ4n) is 3.98. The van der Waals surface area contributed by atoms with E-state index < -0.39 is 0 Å². The normalized spacial score (nSPS) is 17.9. The van der Waals surface area contributed by atoms with E-state index in [1.165, 1.54) is 5.69 Å². The standard InChI is InChI=1S/C24H22N2O3S/c27-21-9-8-19-23(28)22(15-18-7-4-14-30-18)29-24(19)20(21)16-25-10-12-26(13-11-25)17-5-2-1-3-6-17/h1-9,14-15,27H,10-13,16H2/b22-15-. The van der Waals surface area contributed by atoms with Gasteiger partial charge < -0.3 is 14.7 Å². The number of carbonyl (C=O) groups is 1. The van der Waals surface area contributed by atoms with Crippen molar-refractivity contribution in [2.45, 2.75) is 6.54 Å². The number of fused-ring (bicyclic) bond motifs is 1. The van der Waals surface area contributed by atoms with Crippen LogP contribution in [-0.4, -0.2) is 42.0 Å². The second-order valence-electron chi connectivity index (χ2n) is 7.49. The fourth-order valence-corrected chi connectivity index (χ4v) is 4.63. The summed E-state index contributed by atoms with van der Waals surface area (Å²) in [5, 5.41) is 12.5. The van der Waals surface area contributed by atoms with Gasteiger partial charge in [0.2, 0.25) is 5.78 Å². The van der Waals surface area contributed by atoms with Crippen molar-refractivity contribution < 1.29 is 14.6 Å². The molecule has 5 rings (SSSR count). The van der Waals surface area contributed by atoms with E-state index in [0.717, 1.165) is 31.1 Å². The molecule has 1 aromatic heterocycles. The molecule has 2 aliphatic rings. The van der Waals surface area contributed by atoms with Crippen LogP contribution in [0.5, 0.6) is 11.5 Å². The number of carbonyl (C=O) groups excluding carboxylic acids is 1. The van der Waals surface area contributed by atoms with Crippen molar-refractivity contribution in [3.8, 4) is 11.5 Å². The number of phenolic OH excluding ortho intramolecular Hbond substituents is 1. The minimum absolute atomic E-state index is 0.131. The summed E-state index contributed by atoms with van der Waals surface area (Å²) in [6.07, 6.45) is 1.77. The van der Waals surface area contributed by atoms with Gasteiger partial charge in [-0.25, -0.2) is 0 Å². The number of aromatic hydroxyl groups is 1. The fraction of sp³-hybridized carbons (Fsp3) is 0.208. The van der Waals surface area contributed by atoms with Gasteiger partial charge in [-0.05, 0) is 35.7 Å². The first kappa shape index (κ1) is 18.9.